The molecule has 0 spiro atoms. The molecule has 0 saturated heterocycles. The fourth-order valence-corrected chi connectivity index (χ4v) is 1.90. The summed E-state index contributed by atoms with van der Waals surface area (Å²) in [4.78, 5) is 0. The summed E-state index contributed by atoms with van der Waals surface area (Å²) in [6.07, 6.45) is 1.86. The van der Waals surface area contributed by atoms with E-state index in [1.807, 2.05) is 25.1 Å². The lowest BCUT2D eigenvalue weighted by molar-refractivity contribution is 0.297. The molecule has 20 heavy (non-hydrogen) atoms. The number of ether oxygens (including phenoxy) is 1. The standard InChI is InChI=1S/C15H18N4O/c1-3-13-5-7-14(8-6-13)20-10-4-9-19-12(2)15(11-16)17-18-19/h5-8H,3-4,9-10H2,1-2H3. The van der Waals surface area contributed by atoms with E-state index in [0.717, 1.165) is 24.3 Å². The molecule has 0 aliphatic rings. The van der Waals surface area contributed by atoms with Crippen LogP contribution in [0.4, 0.5) is 0 Å². The summed E-state index contributed by atoms with van der Waals surface area (Å²) in [5, 5.41) is 16.5. The Morgan fingerprint density at radius 3 is 2.65 bits per heavy atom. The third-order valence-electron chi connectivity index (χ3n) is 3.20. The quantitative estimate of drug-likeness (QED) is 0.756. The van der Waals surface area contributed by atoms with Crippen molar-refractivity contribution in [1.82, 2.24) is 15.0 Å². The van der Waals surface area contributed by atoms with Gasteiger partial charge in [0.1, 0.15) is 11.8 Å². The largest absolute Gasteiger partial charge is 0.494 e. The molecule has 0 radical (unpaired) electrons. The van der Waals surface area contributed by atoms with Crippen LogP contribution in [0.5, 0.6) is 5.75 Å². The Bertz CT molecular complexity index is 595. The lowest BCUT2D eigenvalue weighted by Crippen LogP contribution is -2.07. The highest BCUT2D eigenvalue weighted by atomic mass is 16.5. The lowest BCUT2D eigenvalue weighted by Gasteiger charge is -2.07. The normalized spacial score (nSPS) is 10.2. The summed E-state index contributed by atoms with van der Waals surface area (Å²) < 4.78 is 7.41. The van der Waals surface area contributed by atoms with E-state index < -0.39 is 0 Å². The van der Waals surface area contributed by atoms with Crippen LogP contribution in [0, 0.1) is 18.3 Å². The van der Waals surface area contributed by atoms with Gasteiger partial charge < -0.3 is 4.74 Å². The molecule has 0 bridgehead atoms. The van der Waals surface area contributed by atoms with E-state index in [-0.39, 0.29) is 0 Å². The Kier molecular flexibility index (Phi) is 4.72. The van der Waals surface area contributed by atoms with Crippen molar-refractivity contribution in [2.75, 3.05) is 6.61 Å². The van der Waals surface area contributed by atoms with Gasteiger partial charge in [0.2, 0.25) is 0 Å². The minimum Gasteiger partial charge on any atom is -0.494 e. The van der Waals surface area contributed by atoms with Gasteiger partial charge in [-0.1, -0.05) is 24.3 Å². The van der Waals surface area contributed by atoms with Crippen molar-refractivity contribution in [3.63, 3.8) is 0 Å². The SMILES string of the molecule is CCc1ccc(OCCCn2nnc(C#N)c2C)cc1. The van der Waals surface area contributed by atoms with E-state index in [1.54, 1.807) is 4.68 Å². The fraction of sp³-hybridized carbons (Fsp3) is 0.400. The molecule has 1 aromatic carbocycles. The highest BCUT2D eigenvalue weighted by Gasteiger charge is 2.06. The van der Waals surface area contributed by atoms with Crippen molar-refractivity contribution in [3.05, 3.63) is 41.2 Å². The maximum absolute atomic E-state index is 8.80. The third-order valence-corrected chi connectivity index (χ3v) is 3.20. The molecule has 0 amide bonds. The molecule has 1 aromatic heterocycles. The average Bonchev–Trinajstić information content (AvgIpc) is 2.84. The van der Waals surface area contributed by atoms with Gasteiger partial charge in [0.15, 0.2) is 5.69 Å². The Morgan fingerprint density at radius 1 is 1.30 bits per heavy atom. The van der Waals surface area contributed by atoms with Crippen LogP contribution in [-0.4, -0.2) is 21.6 Å². The predicted octanol–water partition coefficient (Wildman–Crippen LogP) is 2.49. The average molecular weight is 270 g/mol. The topological polar surface area (TPSA) is 63.7 Å². The predicted molar refractivity (Wildman–Crippen MR) is 75.4 cm³/mol. The van der Waals surface area contributed by atoms with Gasteiger partial charge in [-0.2, -0.15) is 5.26 Å². The molecule has 0 saturated carbocycles. The van der Waals surface area contributed by atoms with E-state index in [0.29, 0.717) is 18.8 Å². The van der Waals surface area contributed by atoms with Crippen LogP contribution >= 0.6 is 0 Å². The van der Waals surface area contributed by atoms with Crippen molar-refractivity contribution in [2.24, 2.45) is 0 Å². The second kappa shape index (κ2) is 6.71. The number of nitrogens with zero attached hydrogens (tertiary/aromatic N) is 4. The van der Waals surface area contributed by atoms with Crippen LogP contribution in [0.25, 0.3) is 0 Å². The Hall–Kier alpha value is -2.35. The minimum atomic E-state index is 0.390. The van der Waals surface area contributed by atoms with Gasteiger partial charge >= 0.3 is 0 Å². The number of aromatic nitrogens is 3. The van der Waals surface area contributed by atoms with Gasteiger partial charge in [-0.15, -0.1) is 5.10 Å². The molecule has 0 atom stereocenters. The number of aryl methyl sites for hydroxylation is 2. The number of hydrogen-bond acceptors (Lipinski definition) is 4. The molecule has 0 unspecified atom stereocenters. The number of hydrogen-bond donors (Lipinski definition) is 0. The van der Waals surface area contributed by atoms with E-state index in [9.17, 15) is 0 Å². The molecule has 1 heterocycles. The highest BCUT2D eigenvalue weighted by Crippen LogP contribution is 2.13. The van der Waals surface area contributed by atoms with Gasteiger partial charge in [-0.3, -0.25) is 0 Å². The van der Waals surface area contributed by atoms with Crippen LogP contribution in [0.15, 0.2) is 24.3 Å². The number of rotatable bonds is 6. The Labute approximate surface area is 118 Å². The van der Waals surface area contributed by atoms with E-state index in [4.69, 9.17) is 10.00 Å². The van der Waals surface area contributed by atoms with E-state index >= 15 is 0 Å². The molecule has 0 fully saturated rings. The zero-order valence-electron chi connectivity index (χ0n) is 11.8. The maximum atomic E-state index is 8.80. The minimum absolute atomic E-state index is 0.390. The summed E-state index contributed by atoms with van der Waals surface area (Å²) in [6, 6.07) is 10.2. The molecular weight excluding hydrogens is 252 g/mol. The summed E-state index contributed by atoms with van der Waals surface area (Å²) in [6.45, 7) is 5.30. The molecular formula is C15H18N4O. The molecule has 5 nitrogen and oxygen atoms in total. The van der Waals surface area contributed by atoms with Gasteiger partial charge in [-0.25, -0.2) is 4.68 Å². The monoisotopic (exact) mass is 270 g/mol. The zero-order valence-corrected chi connectivity index (χ0v) is 11.8. The molecule has 0 aliphatic carbocycles. The smallest absolute Gasteiger partial charge is 0.185 e. The van der Waals surface area contributed by atoms with Gasteiger partial charge in [0.05, 0.1) is 12.3 Å². The third kappa shape index (κ3) is 3.35. The summed E-state index contributed by atoms with van der Waals surface area (Å²) in [5.41, 5.74) is 2.50. The van der Waals surface area contributed by atoms with Gasteiger partial charge in [0.25, 0.3) is 0 Å². The second-order valence-electron chi connectivity index (χ2n) is 4.56. The first kappa shape index (κ1) is 14.1. The van der Waals surface area contributed by atoms with Crippen molar-refractivity contribution < 1.29 is 4.74 Å². The van der Waals surface area contributed by atoms with Crippen LogP contribution in [0.2, 0.25) is 0 Å². The van der Waals surface area contributed by atoms with Gasteiger partial charge in [-0.05, 0) is 31.0 Å². The maximum Gasteiger partial charge on any atom is 0.185 e. The first-order valence-electron chi connectivity index (χ1n) is 6.76. The van der Waals surface area contributed by atoms with Crippen molar-refractivity contribution >= 4 is 0 Å². The summed E-state index contributed by atoms with van der Waals surface area (Å²) >= 11 is 0. The van der Waals surface area contributed by atoms with Crippen LogP contribution in [0.3, 0.4) is 0 Å². The first-order chi connectivity index (χ1) is 9.74. The molecule has 2 aromatic rings. The fourth-order valence-electron chi connectivity index (χ4n) is 1.90. The molecule has 0 N–H and O–H groups in total. The number of nitriles is 1. The van der Waals surface area contributed by atoms with Gasteiger partial charge in [0, 0.05) is 13.0 Å². The first-order valence-corrected chi connectivity index (χ1v) is 6.76. The van der Waals surface area contributed by atoms with Crippen LogP contribution in [-0.2, 0) is 13.0 Å². The molecule has 0 aliphatic heterocycles. The van der Waals surface area contributed by atoms with E-state index in [1.165, 1.54) is 5.56 Å². The van der Waals surface area contributed by atoms with Crippen molar-refractivity contribution in [3.8, 4) is 11.8 Å². The highest BCUT2D eigenvalue weighted by molar-refractivity contribution is 5.27. The van der Waals surface area contributed by atoms with Crippen molar-refractivity contribution in [2.45, 2.75) is 33.2 Å². The van der Waals surface area contributed by atoms with Crippen LogP contribution < -0.4 is 4.74 Å². The Balaban J connectivity index is 1.78. The van der Waals surface area contributed by atoms with E-state index in [2.05, 4.69) is 29.4 Å². The number of benzene rings is 1. The molecule has 5 heteroatoms. The lowest BCUT2D eigenvalue weighted by atomic mass is 10.2. The summed E-state index contributed by atoms with van der Waals surface area (Å²) in [5.74, 6) is 0.884. The van der Waals surface area contributed by atoms with Crippen molar-refractivity contribution in [1.29, 1.82) is 5.26 Å². The molecule has 2 rings (SSSR count). The van der Waals surface area contributed by atoms with Crippen LogP contribution in [0.1, 0.15) is 30.3 Å². The molecule has 104 valence electrons. The second-order valence-corrected chi connectivity index (χ2v) is 4.56. The summed E-state index contributed by atoms with van der Waals surface area (Å²) in [7, 11) is 0. The Morgan fingerprint density at radius 2 is 2.05 bits per heavy atom. The zero-order chi connectivity index (χ0) is 14.4.